The maximum absolute atomic E-state index is 13.8. The van der Waals surface area contributed by atoms with Gasteiger partial charge in [-0.1, -0.05) is 36.7 Å². The van der Waals surface area contributed by atoms with E-state index in [0.717, 1.165) is 37.8 Å². The molecule has 13 heteroatoms. The average Bonchev–Trinajstić information content (AvgIpc) is 3.24. The largest absolute Gasteiger partial charge is 0.490 e. The van der Waals surface area contributed by atoms with Crippen LogP contribution in [0.2, 0.25) is 5.02 Å². The second-order valence-electron chi connectivity index (χ2n) is 15.3. The van der Waals surface area contributed by atoms with Crippen molar-refractivity contribution in [1.29, 1.82) is 0 Å². The molecule has 282 valence electrons. The number of halogens is 3. The number of aryl methyl sites for hydroxylation is 1. The highest BCUT2D eigenvalue weighted by Crippen LogP contribution is 2.47. The topological polar surface area (TPSA) is 105 Å². The maximum atomic E-state index is 13.8. The zero-order valence-electron chi connectivity index (χ0n) is 29.6. The van der Waals surface area contributed by atoms with Gasteiger partial charge in [0, 0.05) is 55.0 Å². The zero-order valence-corrected chi connectivity index (χ0v) is 31.2. The molecule has 7 rings (SSSR count). The van der Waals surface area contributed by atoms with Crippen LogP contribution in [0.5, 0.6) is 5.75 Å². The van der Waals surface area contributed by atoms with Crippen LogP contribution in [0.4, 0.5) is 14.5 Å². The molecule has 1 N–H and O–H groups in total. The van der Waals surface area contributed by atoms with E-state index in [1.165, 1.54) is 16.0 Å². The molecule has 0 aromatic heterocycles. The predicted octanol–water partition coefficient (Wildman–Crippen LogP) is 6.67. The number of carbonyl (C=O) groups is 2. The number of nitrogens with one attached hydrogen (secondary N) is 1. The van der Waals surface area contributed by atoms with Gasteiger partial charge in [0.15, 0.2) is 0 Å². The molecule has 2 fully saturated rings. The molecule has 1 saturated carbocycles. The molecule has 3 heterocycles. The van der Waals surface area contributed by atoms with Gasteiger partial charge in [0.25, 0.3) is 11.8 Å². The Morgan fingerprint density at radius 3 is 2.65 bits per heavy atom. The van der Waals surface area contributed by atoms with Crippen molar-refractivity contribution < 1.29 is 36.3 Å². The number of hydrogen-bond donors (Lipinski definition) is 1. The minimum Gasteiger partial charge on any atom is -0.490 e. The van der Waals surface area contributed by atoms with Gasteiger partial charge in [-0.2, -0.15) is 0 Å². The van der Waals surface area contributed by atoms with Gasteiger partial charge in [-0.15, -0.1) is 0 Å². The highest BCUT2D eigenvalue weighted by molar-refractivity contribution is 7.90. The average molecular weight is 760 g/mol. The summed E-state index contributed by atoms with van der Waals surface area (Å²) in [5, 5.41) is -0.0910. The molecular weight excluding hydrogens is 712 g/mol. The Balaban J connectivity index is 1.22. The summed E-state index contributed by atoms with van der Waals surface area (Å²) >= 11 is 6.44. The number of sulfonamides is 1. The summed E-state index contributed by atoms with van der Waals surface area (Å²) < 4.78 is 69.8. The Bertz CT molecular complexity index is 1810. The molecule has 0 unspecified atom stereocenters. The lowest BCUT2D eigenvalue weighted by Gasteiger charge is -2.46. The summed E-state index contributed by atoms with van der Waals surface area (Å²) in [5.74, 6) is -2.84. The van der Waals surface area contributed by atoms with Crippen LogP contribution >= 0.6 is 11.6 Å². The van der Waals surface area contributed by atoms with Gasteiger partial charge in [-0.25, -0.2) is 21.9 Å². The van der Waals surface area contributed by atoms with Crippen molar-refractivity contribution in [2.24, 2.45) is 11.8 Å². The summed E-state index contributed by atoms with van der Waals surface area (Å²) in [6, 6.07) is 11.2. The Labute approximate surface area is 310 Å². The number of nitrogens with zero attached hydrogens (tertiary/aromatic N) is 2. The molecule has 5 atom stereocenters. The highest BCUT2D eigenvalue weighted by Gasteiger charge is 2.45. The number of anilines is 1. The van der Waals surface area contributed by atoms with Crippen molar-refractivity contribution in [3.05, 3.63) is 70.3 Å². The third kappa shape index (κ3) is 7.71. The van der Waals surface area contributed by atoms with E-state index in [1.54, 1.807) is 25.1 Å². The molecule has 2 amide bonds. The number of benzene rings is 2. The molecule has 2 aliphatic carbocycles. The molecule has 1 spiro atoms. The van der Waals surface area contributed by atoms with E-state index in [0.29, 0.717) is 49.7 Å². The standard InChI is InChI=1S/C39H48ClF2N3O6S/c1-2-30-7-3-4-8-34(50-23-36(46)44-18-16-39(41,42)17-19-44)31-12-9-28(31)22-45-24-38(15-5-6-26-20-29(40)11-13-32(26)38)25-51-35-14-10-27(21-33(35)45)37(47)43-52(30,48)49/h4,8,10-11,13-14,20-21,28,30-31,34H,2-3,5-7,9,12,15-19,22-25H2,1H3,(H,43,47)/b8-4+/t28-,30+,31+,34-,38-/m0/s1. The Kier molecular flexibility index (Phi) is 10.6. The number of amides is 2. The van der Waals surface area contributed by atoms with E-state index < -0.39 is 33.2 Å². The number of hydrogen-bond acceptors (Lipinski definition) is 7. The van der Waals surface area contributed by atoms with Crippen LogP contribution in [0.1, 0.15) is 86.2 Å². The van der Waals surface area contributed by atoms with Crippen LogP contribution in [0.3, 0.4) is 0 Å². The minimum atomic E-state index is -3.99. The number of ether oxygens (including phenoxy) is 2. The maximum Gasteiger partial charge on any atom is 0.264 e. The third-order valence-electron chi connectivity index (χ3n) is 12.0. The molecule has 9 nitrogen and oxygen atoms in total. The van der Waals surface area contributed by atoms with E-state index in [1.807, 2.05) is 24.3 Å². The molecule has 1 saturated heterocycles. The first-order valence-corrected chi connectivity index (χ1v) is 20.6. The number of fused-ring (bicyclic) bond motifs is 4. The molecule has 3 aliphatic heterocycles. The molecular formula is C39H48ClF2N3O6S. The van der Waals surface area contributed by atoms with Gasteiger partial charge in [-0.05, 0) is 105 Å². The van der Waals surface area contributed by atoms with Gasteiger partial charge in [0.05, 0.1) is 23.6 Å². The zero-order chi connectivity index (χ0) is 36.7. The summed E-state index contributed by atoms with van der Waals surface area (Å²) in [6.07, 6.45) is 8.43. The number of allylic oxidation sites excluding steroid dienone is 1. The molecule has 52 heavy (non-hydrogen) atoms. The quantitative estimate of drug-likeness (QED) is 0.348. The highest BCUT2D eigenvalue weighted by atomic mass is 35.5. The third-order valence-corrected chi connectivity index (χ3v) is 14.2. The van der Waals surface area contributed by atoms with E-state index in [4.69, 9.17) is 21.1 Å². The first kappa shape index (κ1) is 37.1. The normalized spacial score (nSPS) is 30.5. The number of alkyl halides is 2. The second kappa shape index (κ2) is 14.9. The minimum absolute atomic E-state index is 0.000678. The number of piperidine rings is 1. The predicted molar refractivity (Wildman–Crippen MR) is 196 cm³/mol. The van der Waals surface area contributed by atoms with Crippen LogP contribution in [0.15, 0.2) is 48.6 Å². The van der Waals surface area contributed by atoms with E-state index in [9.17, 15) is 26.8 Å². The fourth-order valence-electron chi connectivity index (χ4n) is 8.82. The monoisotopic (exact) mass is 759 g/mol. The first-order chi connectivity index (χ1) is 24.9. The van der Waals surface area contributed by atoms with Crippen LogP contribution in [-0.2, 0) is 31.4 Å². The van der Waals surface area contributed by atoms with Crippen molar-refractivity contribution in [3.63, 3.8) is 0 Å². The van der Waals surface area contributed by atoms with E-state index >= 15 is 0 Å². The Hall–Kier alpha value is -3.22. The van der Waals surface area contributed by atoms with Crippen molar-refractivity contribution in [2.75, 3.05) is 44.3 Å². The summed E-state index contributed by atoms with van der Waals surface area (Å²) in [5.41, 5.74) is 3.05. The molecule has 5 aliphatic rings. The number of carbonyl (C=O) groups excluding carboxylic acids is 2. The smallest absolute Gasteiger partial charge is 0.264 e. The second-order valence-corrected chi connectivity index (χ2v) is 17.7. The Morgan fingerprint density at radius 2 is 1.90 bits per heavy atom. The Morgan fingerprint density at radius 1 is 1.10 bits per heavy atom. The molecule has 2 aromatic rings. The first-order valence-electron chi connectivity index (χ1n) is 18.7. The van der Waals surface area contributed by atoms with Crippen molar-refractivity contribution in [1.82, 2.24) is 9.62 Å². The fourth-order valence-corrected chi connectivity index (χ4v) is 10.4. The van der Waals surface area contributed by atoms with Gasteiger partial charge < -0.3 is 19.3 Å². The van der Waals surface area contributed by atoms with Crippen LogP contribution < -0.4 is 14.4 Å². The molecule has 2 bridgehead atoms. The van der Waals surface area contributed by atoms with E-state index in [-0.39, 0.29) is 61.3 Å². The van der Waals surface area contributed by atoms with Gasteiger partial charge in [-0.3, -0.25) is 9.59 Å². The number of rotatable bonds is 4. The fraction of sp³-hybridized carbons (Fsp3) is 0.590. The van der Waals surface area contributed by atoms with E-state index in [2.05, 4.69) is 15.7 Å². The van der Waals surface area contributed by atoms with Crippen molar-refractivity contribution in [3.8, 4) is 5.75 Å². The van der Waals surface area contributed by atoms with Gasteiger partial charge in [0.2, 0.25) is 15.9 Å². The van der Waals surface area contributed by atoms with Crippen LogP contribution in [-0.4, -0.2) is 81.8 Å². The van der Waals surface area contributed by atoms with Crippen LogP contribution in [0.25, 0.3) is 0 Å². The van der Waals surface area contributed by atoms with Gasteiger partial charge in [0.1, 0.15) is 12.4 Å². The lowest BCUT2D eigenvalue weighted by atomic mass is 9.68. The number of likely N-dealkylation sites (tertiary alicyclic amines) is 1. The van der Waals surface area contributed by atoms with Crippen molar-refractivity contribution in [2.45, 2.75) is 93.8 Å². The summed E-state index contributed by atoms with van der Waals surface area (Å²) in [7, 11) is -3.99. The lowest BCUT2D eigenvalue weighted by Crippen LogP contribution is -2.50. The summed E-state index contributed by atoms with van der Waals surface area (Å²) in [4.78, 5) is 30.4. The van der Waals surface area contributed by atoms with Crippen LogP contribution in [0, 0.1) is 11.8 Å². The molecule has 2 aromatic carbocycles. The SMILES string of the molecule is CC[C@@H]1CC/C=C/[C@H](OCC(=O)N2CCC(F)(F)CC2)[C@@H]2CC[C@H]2CN2C[C@@]3(CCCc4cc(Cl)ccc43)COc3ccc(cc32)C(=O)NS1(=O)=O. The van der Waals surface area contributed by atoms with Gasteiger partial charge >= 0.3 is 0 Å². The van der Waals surface area contributed by atoms with Crippen molar-refractivity contribution >= 4 is 39.1 Å². The lowest BCUT2D eigenvalue weighted by molar-refractivity contribution is -0.145. The molecule has 0 radical (unpaired) electrons. The summed E-state index contributed by atoms with van der Waals surface area (Å²) in [6.45, 7) is 3.27.